The molecule has 1 fully saturated rings. The highest BCUT2D eigenvalue weighted by Crippen LogP contribution is 2.34. The lowest BCUT2D eigenvalue weighted by atomic mass is 10.0. The Balaban J connectivity index is 1.59. The third-order valence-corrected chi connectivity index (χ3v) is 6.83. The number of hydrogen-bond donors (Lipinski definition) is 0. The molecule has 7 heteroatoms. The zero-order chi connectivity index (χ0) is 22.1. The summed E-state index contributed by atoms with van der Waals surface area (Å²) in [6.45, 7) is 1.18. The normalized spacial score (nSPS) is 15.9. The largest absolute Gasteiger partial charge is 0.497 e. The van der Waals surface area contributed by atoms with Crippen LogP contribution in [-0.4, -0.2) is 44.4 Å². The summed E-state index contributed by atoms with van der Waals surface area (Å²) < 4.78 is 17.8. The molecule has 2 heterocycles. The maximum absolute atomic E-state index is 13.9. The third kappa shape index (κ3) is 3.89. The van der Waals surface area contributed by atoms with Crippen molar-refractivity contribution in [3.8, 4) is 11.5 Å². The quantitative estimate of drug-likeness (QED) is 0.401. The maximum Gasteiger partial charge on any atom is 0.263 e. The van der Waals surface area contributed by atoms with E-state index in [2.05, 4.69) is 0 Å². The Morgan fingerprint density at radius 1 is 1.12 bits per heavy atom. The van der Waals surface area contributed by atoms with Gasteiger partial charge in [-0.3, -0.25) is 9.69 Å². The molecule has 1 amide bonds. The van der Waals surface area contributed by atoms with Crippen LogP contribution in [0.2, 0.25) is 0 Å². The van der Waals surface area contributed by atoms with E-state index in [0.717, 1.165) is 46.2 Å². The van der Waals surface area contributed by atoms with Gasteiger partial charge in [-0.2, -0.15) is 0 Å². The average Bonchev–Trinajstić information content (AvgIpc) is 3.50. The number of methoxy groups -OCH3 is 2. The van der Waals surface area contributed by atoms with Gasteiger partial charge in [-0.15, -0.1) is 0 Å². The first kappa shape index (κ1) is 20.7. The van der Waals surface area contributed by atoms with Crippen LogP contribution in [0.25, 0.3) is 21.0 Å². The number of nitrogens with zero attached hydrogens (tertiary/aromatic N) is 2. The standard InChI is InChI=1S/C25H24N2O4S/c1-29-18-9-10-23-21(14-18)26-25(32-23)27(15-19-8-5-11-31-19)24(28)20-12-16-6-3-4-7-17(16)13-22(20)30-2/h3-4,6-7,9-10,12-14,19H,5,8,11,15H2,1-2H3. The fraction of sp³-hybridized carbons (Fsp3) is 0.280. The summed E-state index contributed by atoms with van der Waals surface area (Å²) in [7, 11) is 3.23. The predicted octanol–water partition coefficient (Wildman–Crippen LogP) is 5.29. The zero-order valence-electron chi connectivity index (χ0n) is 18.0. The van der Waals surface area contributed by atoms with E-state index in [9.17, 15) is 4.79 Å². The number of aromatic nitrogens is 1. The highest BCUT2D eigenvalue weighted by atomic mass is 32.1. The van der Waals surface area contributed by atoms with Crippen LogP contribution in [0.15, 0.2) is 54.6 Å². The first-order chi connectivity index (χ1) is 15.7. The van der Waals surface area contributed by atoms with E-state index in [4.69, 9.17) is 19.2 Å². The summed E-state index contributed by atoms with van der Waals surface area (Å²) in [5, 5.41) is 2.66. The van der Waals surface area contributed by atoms with Crippen molar-refractivity contribution in [3.05, 3.63) is 60.2 Å². The summed E-state index contributed by atoms with van der Waals surface area (Å²) in [4.78, 5) is 20.4. The monoisotopic (exact) mass is 448 g/mol. The Bertz CT molecular complexity index is 1280. The fourth-order valence-electron chi connectivity index (χ4n) is 4.08. The minimum atomic E-state index is -0.144. The van der Waals surface area contributed by atoms with Crippen LogP contribution in [0.4, 0.5) is 5.13 Å². The van der Waals surface area contributed by atoms with E-state index in [1.165, 1.54) is 11.3 Å². The number of ether oxygens (including phenoxy) is 3. The number of anilines is 1. The number of carbonyl (C=O) groups excluding carboxylic acids is 1. The van der Waals surface area contributed by atoms with Gasteiger partial charge in [0.25, 0.3) is 5.91 Å². The van der Waals surface area contributed by atoms with E-state index < -0.39 is 0 Å². The molecular formula is C25H24N2O4S. The van der Waals surface area contributed by atoms with Gasteiger partial charge < -0.3 is 14.2 Å². The highest BCUT2D eigenvalue weighted by molar-refractivity contribution is 7.22. The molecule has 1 unspecified atom stereocenters. The first-order valence-corrected chi connectivity index (χ1v) is 11.4. The molecule has 0 spiro atoms. The van der Waals surface area contributed by atoms with Gasteiger partial charge in [-0.1, -0.05) is 35.6 Å². The van der Waals surface area contributed by atoms with Crippen molar-refractivity contribution in [2.24, 2.45) is 0 Å². The molecule has 0 bridgehead atoms. The topological polar surface area (TPSA) is 60.9 Å². The van der Waals surface area contributed by atoms with Gasteiger partial charge in [0.2, 0.25) is 0 Å². The first-order valence-electron chi connectivity index (χ1n) is 10.6. The Morgan fingerprint density at radius 2 is 1.94 bits per heavy atom. The summed E-state index contributed by atoms with van der Waals surface area (Å²) in [6.07, 6.45) is 1.92. The molecule has 1 aliphatic heterocycles. The second-order valence-corrected chi connectivity index (χ2v) is 8.79. The SMILES string of the molecule is COc1ccc2sc(N(CC3CCCO3)C(=O)c3cc4ccccc4cc3OC)nc2c1. The molecule has 164 valence electrons. The molecule has 5 rings (SSSR count). The number of carbonyl (C=O) groups is 1. The molecule has 4 aromatic rings. The van der Waals surface area contributed by atoms with Crippen molar-refractivity contribution in [1.29, 1.82) is 0 Å². The Labute approximate surface area is 190 Å². The predicted molar refractivity (Wildman–Crippen MR) is 127 cm³/mol. The lowest BCUT2D eigenvalue weighted by Crippen LogP contribution is -2.37. The average molecular weight is 449 g/mol. The molecule has 32 heavy (non-hydrogen) atoms. The van der Waals surface area contributed by atoms with Crippen molar-refractivity contribution in [3.63, 3.8) is 0 Å². The van der Waals surface area contributed by atoms with Gasteiger partial charge in [0, 0.05) is 12.7 Å². The minimum Gasteiger partial charge on any atom is -0.497 e. The number of rotatable bonds is 6. The molecule has 1 saturated heterocycles. The Morgan fingerprint density at radius 3 is 2.66 bits per heavy atom. The van der Waals surface area contributed by atoms with Gasteiger partial charge in [0.15, 0.2) is 5.13 Å². The lowest BCUT2D eigenvalue weighted by molar-refractivity contribution is 0.0915. The second kappa shape index (κ2) is 8.76. The molecule has 1 aromatic heterocycles. The van der Waals surface area contributed by atoms with Gasteiger partial charge in [0.1, 0.15) is 11.5 Å². The molecule has 0 N–H and O–H groups in total. The van der Waals surface area contributed by atoms with E-state index in [1.807, 2.05) is 54.6 Å². The Hall–Kier alpha value is -3.16. The molecular weight excluding hydrogens is 424 g/mol. The third-order valence-electron chi connectivity index (χ3n) is 5.77. The smallest absolute Gasteiger partial charge is 0.263 e. The number of thiazole rings is 1. The van der Waals surface area contributed by atoms with Crippen molar-refractivity contribution in [1.82, 2.24) is 4.98 Å². The van der Waals surface area contributed by atoms with Crippen LogP contribution in [0, 0.1) is 0 Å². The molecule has 1 atom stereocenters. The van der Waals surface area contributed by atoms with Crippen molar-refractivity contribution in [2.45, 2.75) is 18.9 Å². The van der Waals surface area contributed by atoms with Crippen molar-refractivity contribution in [2.75, 3.05) is 32.3 Å². The molecule has 6 nitrogen and oxygen atoms in total. The number of fused-ring (bicyclic) bond motifs is 2. The van der Waals surface area contributed by atoms with Crippen LogP contribution in [0.1, 0.15) is 23.2 Å². The van der Waals surface area contributed by atoms with Crippen molar-refractivity contribution >= 4 is 43.4 Å². The van der Waals surface area contributed by atoms with E-state index in [0.29, 0.717) is 23.0 Å². The molecule has 1 aliphatic rings. The number of hydrogen-bond acceptors (Lipinski definition) is 6. The summed E-state index contributed by atoms with van der Waals surface area (Å²) in [6, 6.07) is 17.5. The fourth-order valence-corrected chi connectivity index (χ4v) is 5.03. The summed E-state index contributed by atoms with van der Waals surface area (Å²) in [5.41, 5.74) is 1.32. The second-order valence-electron chi connectivity index (χ2n) is 7.78. The van der Waals surface area contributed by atoms with Crippen LogP contribution < -0.4 is 14.4 Å². The maximum atomic E-state index is 13.9. The zero-order valence-corrected chi connectivity index (χ0v) is 18.9. The summed E-state index contributed by atoms with van der Waals surface area (Å²) >= 11 is 1.49. The molecule has 0 saturated carbocycles. The van der Waals surface area contributed by atoms with Crippen molar-refractivity contribution < 1.29 is 19.0 Å². The van der Waals surface area contributed by atoms with Crippen LogP contribution in [0.5, 0.6) is 11.5 Å². The van der Waals surface area contributed by atoms with Crippen LogP contribution >= 0.6 is 11.3 Å². The molecule has 0 radical (unpaired) electrons. The molecule has 0 aliphatic carbocycles. The van der Waals surface area contributed by atoms with Gasteiger partial charge >= 0.3 is 0 Å². The summed E-state index contributed by atoms with van der Waals surface area (Å²) in [5.74, 6) is 1.14. The van der Waals surface area contributed by atoms with Gasteiger partial charge in [-0.05, 0) is 47.9 Å². The van der Waals surface area contributed by atoms with E-state index in [-0.39, 0.29) is 12.0 Å². The van der Waals surface area contributed by atoms with Gasteiger partial charge in [0.05, 0.1) is 42.6 Å². The van der Waals surface area contributed by atoms with E-state index in [1.54, 1.807) is 19.1 Å². The number of amides is 1. The number of benzene rings is 3. The van der Waals surface area contributed by atoms with Crippen LogP contribution in [0.3, 0.4) is 0 Å². The minimum absolute atomic E-state index is 0.00745. The highest BCUT2D eigenvalue weighted by Gasteiger charge is 2.29. The van der Waals surface area contributed by atoms with E-state index >= 15 is 0 Å². The Kier molecular flexibility index (Phi) is 5.68. The van der Waals surface area contributed by atoms with Crippen LogP contribution in [-0.2, 0) is 4.74 Å². The lowest BCUT2D eigenvalue weighted by Gasteiger charge is -2.24. The van der Waals surface area contributed by atoms with Gasteiger partial charge in [-0.25, -0.2) is 4.98 Å². The molecule has 3 aromatic carbocycles.